The lowest BCUT2D eigenvalue weighted by atomic mass is 10.3. The highest BCUT2D eigenvalue weighted by molar-refractivity contribution is 6.76. The van der Waals surface area contributed by atoms with Crippen LogP contribution in [0.2, 0.25) is 13.1 Å². The lowest BCUT2D eigenvalue weighted by molar-refractivity contribution is 0.338. The molecular formula is C9H20OSi. The molecule has 0 amide bonds. The first kappa shape index (κ1) is 10.9. The normalized spacial score (nSPS) is 12.7. The van der Waals surface area contributed by atoms with Crippen molar-refractivity contribution >= 4 is 8.32 Å². The van der Waals surface area contributed by atoms with Crippen molar-refractivity contribution in [3.8, 4) is 0 Å². The van der Waals surface area contributed by atoms with E-state index in [-0.39, 0.29) is 0 Å². The van der Waals surface area contributed by atoms with Gasteiger partial charge in [-0.3, -0.25) is 0 Å². The second kappa shape index (κ2) is 5.55. The third-order valence-electron chi connectivity index (χ3n) is 1.49. The summed E-state index contributed by atoms with van der Waals surface area (Å²) >= 11 is 0. The SMILES string of the molecule is CCCC=C[Si](C)(C)OCC. The van der Waals surface area contributed by atoms with Crippen LogP contribution >= 0.6 is 0 Å². The molecule has 0 aromatic rings. The molecule has 0 aliphatic rings. The molecule has 0 heterocycles. The quantitative estimate of drug-likeness (QED) is 0.579. The van der Waals surface area contributed by atoms with E-state index in [0.717, 1.165) is 6.61 Å². The average molecular weight is 172 g/mol. The molecule has 0 N–H and O–H groups in total. The van der Waals surface area contributed by atoms with Crippen LogP contribution in [0.25, 0.3) is 0 Å². The number of hydrogen-bond donors (Lipinski definition) is 0. The van der Waals surface area contributed by atoms with Crippen molar-refractivity contribution in [2.75, 3.05) is 6.61 Å². The van der Waals surface area contributed by atoms with Gasteiger partial charge in [-0.15, -0.1) is 0 Å². The fraction of sp³-hybridized carbons (Fsp3) is 0.778. The van der Waals surface area contributed by atoms with Crippen molar-refractivity contribution in [1.82, 2.24) is 0 Å². The summed E-state index contributed by atoms with van der Waals surface area (Å²) < 4.78 is 5.63. The minimum absolute atomic E-state index is 0.843. The molecule has 0 aliphatic heterocycles. The molecule has 0 rings (SSSR count). The van der Waals surface area contributed by atoms with Gasteiger partial charge in [0, 0.05) is 6.61 Å². The van der Waals surface area contributed by atoms with Gasteiger partial charge in [0.05, 0.1) is 0 Å². The minimum Gasteiger partial charge on any atom is -0.414 e. The zero-order chi connectivity index (χ0) is 8.74. The Morgan fingerprint density at radius 2 is 1.91 bits per heavy atom. The van der Waals surface area contributed by atoms with E-state index in [4.69, 9.17) is 4.43 Å². The smallest absolute Gasteiger partial charge is 0.210 e. The fourth-order valence-electron chi connectivity index (χ4n) is 0.954. The first-order valence-corrected chi connectivity index (χ1v) is 7.42. The minimum atomic E-state index is -1.42. The van der Waals surface area contributed by atoms with Gasteiger partial charge in [0.1, 0.15) is 0 Å². The Labute approximate surface area is 71.6 Å². The van der Waals surface area contributed by atoms with E-state index in [1.165, 1.54) is 12.8 Å². The van der Waals surface area contributed by atoms with Gasteiger partial charge in [-0.1, -0.05) is 25.1 Å². The van der Waals surface area contributed by atoms with Crippen LogP contribution < -0.4 is 0 Å². The largest absolute Gasteiger partial charge is 0.414 e. The highest BCUT2D eigenvalue weighted by Gasteiger charge is 2.16. The van der Waals surface area contributed by atoms with E-state index in [0.29, 0.717) is 0 Å². The molecule has 0 aliphatic carbocycles. The number of allylic oxidation sites excluding steroid dienone is 1. The van der Waals surface area contributed by atoms with E-state index in [1.807, 2.05) is 0 Å². The van der Waals surface area contributed by atoms with Crippen LogP contribution in [0.5, 0.6) is 0 Å². The van der Waals surface area contributed by atoms with Gasteiger partial charge in [-0.05, 0) is 26.4 Å². The molecular weight excluding hydrogens is 152 g/mol. The van der Waals surface area contributed by atoms with Gasteiger partial charge in [-0.2, -0.15) is 0 Å². The van der Waals surface area contributed by atoms with Crippen molar-refractivity contribution in [3.05, 3.63) is 11.8 Å². The molecule has 0 spiro atoms. The predicted molar refractivity (Wildman–Crippen MR) is 53.2 cm³/mol. The van der Waals surface area contributed by atoms with Crippen LogP contribution in [0.4, 0.5) is 0 Å². The van der Waals surface area contributed by atoms with Gasteiger partial charge in [-0.25, -0.2) is 0 Å². The monoisotopic (exact) mass is 172 g/mol. The Kier molecular flexibility index (Phi) is 5.51. The summed E-state index contributed by atoms with van der Waals surface area (Å²) in [7, 11) is -1.42. The molecule has 0 saturated heterocycles. The molecule has 0 aromatic carbocycles. The summed E-state index contributed by atoms with van der Waals surface area (Å²) in [5, 5.41) is 0. The highest BCUT2D eigenvalue weighted by atomic mass is 28.4. The summed E-state index contributed by atoms with van der Waals surface area (Å²) in [4.78, 5) is 0. The van der Waals surface area contributed by atoms with Crippen molar-refractivity contribution < 1.29 is 4.43 Å². The third kappa shape index (κ3) is 6.32. The molecule has 11 heavy (non-hydrogen) atoms. The zero-order valence-electron chi connectivity index (χ0n) is 8.18. The van der Waals surface area contributed by atoms with Crippen LogP contribution in [0.3, 0.4) is 0 Å². The number of hydrogen-bond acceptors (Lipinski definition) is 1. The third-order valence-corrected chi connectivity index (χ3v) is 3.56. The molecule has 0 atom stereocenters. The highest BCUT2D eigenvalue weighted by Crippen LogP contribution is 2.06. The van der Waals surface area contributed by atoms with Gasteiger partial charge in [0.2, 0.25) is 8.32 Å². The van der Waals surface area contributed by atoms with Crippen molar-refractivity contribution in [3.63, 3.8) is 0 Å². The van der Waals surface area contributed by atoms with E-state index in [1.54, 1.807) is 0 Å². The summed E-state index contributed by atoms with van der Waals surface area (Å²) in [6.07, 6.45) is 4.67. The average Bonchev–Trinajstić information content (AvgIpc) is 1.87. The maximum Gasteiger partial charge on any atom is 0.210 e. The van der Waals surface area contributed by atoms with E-state index < -0.39 is 8.32 Å². The van der Waals surface area contributed by atoms with Crippen molar-refractivity contribution in [2.24, 2.45) is 0 Å². The number of rotatable bonds is 5. The lowest BCUT2D eigenvalue weighted by Crippen LogP contribution is -2.27. The van der Waals surface area contributed by atoms with Crippen LogP contribution in [0.15, 0.2) is 11.8 Å². The Balaban J connectivity index is 3.69. The van der Waals surface area contributed by atoms with E-state index >= 15 is 0 Å². The Morgan fingerprint density at radius 3 is 2.36 bits per heavy atom. The van der Waals surface area contributed by atoms with Gasteiger partial charge >= 0.3 is 0 Å². The van der Waals surface area contributed by atoms with Crippen LogP contribution in [-0.2, 0) is 4.43 Å². The van der Waals surface area contributed by atoms with Gasteiger partial charge < -0.3 is 4.43 Å². The topological polar surface area (TPSA) is 9.23 Å². The molecule has 0 saturated carbocycles. The summed E-state index contributed by atoms with van der Waals surface area (Å²) in [5.41, 5.74) is 2.28. The first-order valence-electron chi connectivity index (χ1n) is 4.44. The van der Waals surface area contributed by atoms with E-state index in [9.17, 15) is 0 Å². The molecule has 0 unspecified atom stereocenters. The molecule has 0 fully saturated rings. The summed E-state index contributed by atoms with van der Waals surface area (Å²) in [6.45, 7) is 9.54. The fourth-order valence-corrected chi connectivity index (χ4v) is 2.53. The van der Waals surface area contributed by atoms with Gasteiger partial charge in [0.15, 0.2) is 0 Å². The standard InChI is InChI=1S/C9H20OSi/c1-5-7-8-9-11(3,4)10-6-2/h8-9H,5-7H2,1-4H3. The maximum atomic E-state index is 5.63. The molecule has 1 nitrogen and oxygen atoms in total. The zero-order valence-corrected chi connectivity index (χ0v) is 9.18. The molecule has 0 bridgehead atoms. The van der Waals surface area contributed by atoms with Crippen LogP contribution in [0.1, 0.15) is 26.7 Å². The second-order valence-electron chi connectivity index (χ2n) is 3.23. The Bertz CT molecular complexity index is 119. The molecule has 0 aromatic heterocycles. The molecule has 66 valence electrons. The Morgan fingerprint density at radius 1 is 1.27 bits per heavy atom. The van der Waals surface area contributed by atoms with Crippen molar-refractivity contribution in [2.45, 2.75) is 39.8 Å². The second-order valence-corrected chi connectivity index (χ2v) is 7.06. The molecule has 0 radical (unpaired) electrons. The van der Waals surface area contributed by atoms with Crippen molar-refractivity contribution in [1.29, 1.82) is 0 Å². The van der Waals surface area contributed by atoms with Crippen LogP contribution in [-0.4, -0.2) is 14.9 Å². The molecule has 2 heteroatoms. The van der Waals surface area contributed by atoms with Crippen LogP contribution in [0, 0.1) is 0 Å². The van der Waals surface area contributed by atoms with E-state index in [2.05, 4.69) is 38.7 Å². The number of unbranched alkanes of at least 4 members (excludes halogenated alkanes) is 1. The maximum absolute atomic E-state index is 5.63. The summed E-state index contributed by atoms with van der Waals surface area (Å²) in [5.74, 6) is 0. The first-order chi connectivity index (χ1) is 5.12. The summed E-state index contributed by atoms with van der Waals surface area (Å²) in [6, 6.07) is 0. The van der Waals surface area contributed by atoms with Gasteiger partial charge in [0.25, 0.3) is 0 Å². The lowest BCUT2D eigenvalue weighted by Gasteiger charge is -2.16. The Hall–Kier alpha value is -0.0831. The predicted octanol–water partition coefficient (Wildman–Crippen LogP) is 3.12.